The zero-order valence-electron chi connectivity index (χ0n) is 18.4. The molecule has 0 aliphatic heterocycles. The fourth-order valence-corrected chi connectivity index (χ4v) is 3.67. The van der Waals surface area contributed by atoms with Gasteiger partial charge in [-0.25, -0.2) is 4.39 Å². The van der Waals surface area contributed by atoms with Crippen LogP contribution in [0.1, 0.15) is 38.5 Å². The number of aromatic nitrogens is 3. The number of nitrogens with one attached hydrogen (secondary N) is 1. The third kappa shape index (κ3) is 5.06. The topological polar surface area (TPSA) is 82.2 Å². The first-order chi connectivity index (χ1) is 15.8. The number of anilines is 1. The normalized spacial score (nSPS) is 10.9. The Morgan fingerprint density at radius 3 is 2.70 bits per heavy atom. The van der Waals surface area contributed by atoms with Gasteiger partial charge >= 0.3 is 0 Å². The fraction of sp³-hybridized carbons (Fsp3) is 0.208. The molecule has 0 aliphatic carbocycles. The van der Waals surface area contributed by atoms with Crippen LogP contribution in [0.2, 0.25) is 5.02 Å². The van der Waals surface area contributed by atoms with Crippen molar-refractivity contribution in [1.29, 1.82) is 0 Å². The van der Waals surface area contributed by atoms with Gasteiger partial charge in [0.05, 0.1) is 24.0 Å². The second-order valence-corrected chi connectivity index (χ2v) is 8.10. The van der Waals surface area contributed by atoms with Gasteiger partial charge in [0, 0.05) is 11.2 Å². The molecule has 0 fully saturated rings. The number of benzene rings is 2. The summed E-state index contributed by atoms with van der Waals surface area (Å²) in [6.07, 6.45) is 3.16. The van der Waals surface area contributed by atoms with Gasteiger partial charge in [0.1, 0.15) is 23.9 Å². The van der Waals surface area contributed by atoms with Crippen LogP contribution in [0, 0.1) is 26.6 Å². The van der Waals surface area contributed by atoms with Crippen molar-refractivity contribution in [3.8, 4) is 5.75 Å². The van der Waals surface area contributed by atoms with Crippen LogP contribution in [0.3, 0.4) is 0 Å². The molecule has 0 atom stereocenters. The van der Waals surface area contributed by atoms with Gasteiger partial charge in [-0.15, -0.1) is 0 Å². The fourth-order valence-electron chi connectivity index (χ4n) is 3.44. The summed E-state index contributed by atoms with van der Waals surface area (Å²) in [5.74, 6) is 0.432. The first kappa shape index (κ1) is 22.5. The lowest BCUT2D eigenvalue weighted by Crippen LogP contribution is -2.15. The molecule has 0 saturated heterocycles. The molecule has 0 unspecified atom stereocenters. The van der Waals surface area contributed by atoms with Crippen LogP contribution < -0.4 is 10.1 Å². The molecule has 0 aliphatic rings. The van der Waals surface area contributed by atoms with Gasteiger partial charge in [-0.05, 0) is 49.6 Å². The second-order valence-electron chi connectivity index (χ2n) is 7.69. The van der Waals surface area contributed by atoms with Gasteiger partial charge in [-0.2, -0.15) is 5.10 Å². The van der Waals surface area contributed by atoms with Crippen molar-refractivity contribution < 1.29 is 18.4 Å². The molecule has 2 aromatic carbocycles. The monoisotopic (exact) mass is 468 g/mol. The summed E-state index contributed by atoms with van der Waals surface area (Å²) in [7, 11) is 0. The first-order valence-electron chi connectivity index (χ1n) is 10.2. The maximum atomic E-state index is 13.2. The highest BCUT2D eigenvalue weighted by Gasteiger charge is 2.21. The quantitative estimate of drug-likeness (QED) is 0.389. The van der Waals surface area contributed by atoms with E-state index < -0.39 is 11.7 Å². The number of rotatable bonds is 7. The van der Waals surface area contributed by atoms with Crippen molar-refractivity contribution in [2.45, 2.75) is 33.9 Å². The molecule has 4 aromatic rings. The molecule has 1 N–H and O–H groups in total. The van der Waals surface area contributed by atoms with E-state index in [1.54, 1.807) is 23.9 Å². The Morgan fingerprint density at radius 2 is 1.97 bits per heavy atom. The molecule has 170 valence electrons. The molecule has 33 heavy (non-hydrogen) atoms. The summed E-state index contributed by atoms with van der Waals surface area (Å²) < 4.78 is 26.1. The maximum absolute atomic E-state index is 13.2. The summed E-state index contributed by atoms with van der Waals surface area (Å²) in [5, 5.41) is 11.2. The van der Waals surface area contributed by atoms with E-state index in [4.69, 9.17) is 20.9 Å². The number of ether oxygens (including phenoxy) is 1. The third-order valence-corrected chi connectivity index (χ3v) is 5.56. The Morgan fingerprint density at radius 1 is 1.21 bits per heavy atom. The summed E-state index contributed by atoms with van der Waals surface area (Å²) in [4.78, 5) is 12.9. The largest absolute Gasteiger partial charge is 0.488 e. The number of nitrogens with zero attached hydrogens (tertiary/aromatic N) is 3. The van der Waals surface area contributed by atoms with Crippen molar-refractivity contribution in [1.82, 2.24) is 14.9 Å². The molecule has 0 spiro atoms. The third-order valence-electron chi connectivity index (χ3n) is 5.21. The van der Waals surface area contributed by atoms with Crippen LogP contribution in [0.15, 0.2) is 53.3 Å². The zero-order valence-corrected chi connectivity index (χ0v) is 19.1. The molecule has 0 radical (unpaired) electrons. The average molecular weight is 469 g/mol. The lowest BCUT2D eigenvalue weighted by Gasteiger charge is -2.12. The zero-order chi connectivity index (χ0) is 23.5. The van der Waals surface area contributed by atoms with Gasteiger partial charge in [0.2, 0.25) is 0 Å². The Labute approximate surface area is 195 Å². The Kier molecular flexibility index (Phi) is 6.46. The molecule has 2 aromatic heterocycles. The number of carbonyl (C=O) groups is 1. The number of para-hydroxylation sites is 1. The summed E-state index contributed by atoms with van der Waals surface area (Å²) in [6.45, 7) is 6.14. The lowest BCUT2D eigenvalue weighted by atomic mass is 10.1. The second kappa shape index (κ2) is 9.46. The van der Waals surface area contributed by atoms with Gasteiger partial charge in [0.25, 0.3) is 5.91 Å². The predicted octanol–water partition coefficient (Wildman–Crippen LogP) is 5.47. The molecule has 1 amide bonds. The van der Waals surface area contributed by atoms with Crippen molar-refractivity contribution in [2.75, 3.05) is 5.32 Å². The molecular weight excluding hydrogens is 447 g/mol. The maximum Gasteiger partial charge on any atom is 0.278 e. The van der Waals surface area contributed by atoms with Crippen LogP contribution in [-0.4, -0.2) is 20.8 Å². The Hall–Kier alpha value is -3.65. The van der Waals surface area contributed by atoms with Gasteiger partial charge in [-0.3, -0.25) is 9.48 Å². The van der Waals surface area contributed by atoms with E-state index in [-0.39, 0.29) is 12.3 Å². The average Bonchev–Trinajstić information content (AvgIpc) is 3.36. The van der Waals surface area contributed by atoms with E-state index in [9.17, 15) is 9.18 Å². The number of hydrogen-bond donors (Lipinski definition) is 1. The minimum Gasteiger partial charge on any atom is -0.488 e. The molecule has 9 heteroatoms. The van der Waals surface area contributed by atoms with E-state index >= 15 is 0 Å². The molecule has 4 rings (SSSR count). The van der Waals surface area contributed by atoms with E-state index in [1.165, 1.54) is 18.3 Å². The molecule has 0 saturated carbocycles. The minimum absolute atomic E-state index is 0.145. The van der Waals surface area contributed by atoms with Crippen molar-refractivity contribution >= 4 is 23.2 Å². The molecule has 0 bridgehead atoms. The highest BCUT2D eigenvalue weighted by Crippen LogP contribution is 2.25. The number of halogens is 2. The van der Waals surface area contributed by atoms with E-state index in [0.717, 1.165) is 16.9 Å². The highest BCUT2D eigenvalue weighted by atomic mass is 35.5. The van der Waals surface area contributed by atoms with Crippen LogP contribution in [0.5, 0.6) is 5.75 Å². The van der Waals surface area contributed by atoms with Gasteiger partial charge in [0.15, 0.2) is 5.69 Å². The Balaban J connectivity index is 1.45. The van der Waals surface area contributed by atoms with E-state index in [0.29, 0.717) is 34.1 Å². The summed E-state index contributed by atoms with van der Waals surface area (Å²) in [5.41, 5.74) is 3.90. The standard InChI is InChI=1S/C24H22ClFN4O3/c1-14-5-4-6-15(2)23(14)32-13-20-16(3)33-29-22(20)24(31)28-19-10-27-30(12-19)11-17-7-8-18(26)9-21(17)25/h4-10,12H,11,13H2,1-3H3,(H,28,31). The number of amides is 1. The molecular formula is C24H22ClFN4O3. The molecule has 2 heterocycles. The van der Waals surface area contributed by atoms with Crippen LogP contribution in [-0.2, 0) is 13.2 Å². The van der Waals surface area contributed by atoms with Crippen LogP contribution in [0.25, 0.3) is 0 Å². The summed E-state index contributed by atoms with van der Waals surface area (Å²) >= 11 is 6.08. The van der Waals surface area contributed by atoms with E-state index in [2.05, 4.69) is 15.6 Å². The number of aryl methyl sites for hydroxylation is 3. The van der Waals surface area contributed by atoms with Crippen molar-refractivity contribution in [3.05, 3.63) is 93.3 Å². The lowest BCUT2D eigenvalue weighted by molar-refractivity contribution is 0.101. The smallest absolute Gasteiger partial charge is 0.278 e. The number of hydrogen-bond acceptors (Lipinski definition) is 5. The van der Waals surface area contributed by atoms with Crippen LogP contribution in [0.4, 0.5) is 10.1 Å². The Bertz CT molecular complexity index is 1290. The van der Waals surface area contributed by atoms with Crippen LogP contribution >= 0.6 is 11.6 Å². The SMILES string of the molecule is Cc1cccc(C)c1OCc1c(C(=O)Nc2cnn(Cc3ccc(F)cc3Cl)c2)noc1C. The van der Waals surface area contributed by atoms with Gasteiger partial charge < -0.3 is 14.6 Å². The highest BCUT2D eigenvalue weighted by molar-refractivity contribution is 6.31. The van der Waals surface area contributed by atoms with Gasteiger partial charge in [-0.1, -0.05) is 41.0 Å². The van der Waals surface area contributed by atoms with Crippen molar-refractivity contribution in [3.63, 3.8) is 0 Å². The predicted molar refractivity (Wildman–Crippen MR) is 122 cm³/mol. The number of carbonyl (C=O) groups excluding carboxylic acids is 1. The van der Waals surface area contributed by atoms with E-state index in [1.807, 2.05) is 32.0 Å². The first-order valence-corrected chi connectivity index (χ1v) is 10.6. The van der Waals surface area contributed by atoms with Crippen molar-refractivity contribution in [2.24, 2.45) is 0 Å². The molecule has 7 nitrogen and oxygen atoms in total. The summed E-state index contributed by atoms with van der Waals surface area (Å²) in [6, 6.07) is 10.1. The minimum atomic E-state index is -0.439.